The Morgan fingerprint density at radius 3 is 2.57 bits per heavy atom. The maximum Gasteiger partial charge on any atom is 0.195 e. The summed E-state index contributed by atoms with van der Waals surface area (Å²) >= 11 is 1.31. The molecule has 0 atom stereocenters. The van der Waals surface area contributed by atoms with Crippen LogP contribution in [0.5, 0.6) is 0 Å². The van der Waals surface area contributed by atoms with Gasteiger partial charge in [0.25, 0.3) is 0 Å². The van der Waals surface area contributed by atoms with Crippen molar-refractivity contribution in [3.05, 3.63) is 47.0 Å². The molecule has 3 rings (SSSR count). The Morgan fingerprint density at radius 1 is 1.19 bits per heavy atom. The molecule has 0 aliphatic carbocycles. The van der Waals surface area contributed by atoms with Crippen molar-refractivity contribution in [2.75, 3.05) is 6.26 Å². The van der Waals surface area contributed by atoms with E-state index in [1.54, 1.807) is 12.1 Å². The van der Waals surface area contributed by atoms with Gasteiger partial charge in [-0.1, -0.05) is 23.5 Å². The van der Waals surface area contributed by atoms with E-state index in [1.807, 2.05) is 0 Å². The van der Waals surface area contributed by atoms with Gasteiger partial charge in [0.15, 0.2) is 14.9 Å². The molecule has 1 aromatic carbocycles. The van der Waals surface area contributed by atoms with Crippen LogP contribution in [-0.2, 0) is 16.3 Å². The van der Waals surface area contributed by atoms with Crippen molar-refractivity contribution in [2.45, 2.75) is 11.4 Å². The molecule has 8 heteroatoms. The van der Waals surface area contributed by atoms with E-state index in [4.69, 9.17) is 0 Å². The van der Waals surface area contributed by atoms with E-state index in [1.165, 1.54) is 29.8 Å². The monoisotopic (exact) mass is 323 g/mol. The molecule has 21 heavy (non-hydrogen) atoms. The van der Waals surface area contributed by atoms with Gasteiger partial charge in [0.2, 0.25) is 0 Å². The van der Waals surface area contributed by atoms with Crippen LogP contribution in [0.25, 0.3) is 10.3 Å². The van der Waals surface area contributed by atoms with Crippen LogP contribution in [0.4, 0.5) is 4.39 Å². The van der Waals surface area contributed by atoms with Gasteiger partial charge in [0, 0.05) is 12.7 Å². The summed E-state index contributed by atoms with van der Waals surface area (Å²) in [6, 6.07) is 6.10. The van der Waals surface area contributed by atoms with Gasteiger partial charge in [-0.05, 0) is 17.7 Å². The highest BCUT2D eigenvalue weighted by molar-refractivity contribution is 7.90. The summed E-state index contributed by atoms with van der Waals surface area (Å²) in [6.07, 6.45) is 2.80. The average Bonchev–Trinajstić information content (AvgIpc) is 2.82. The lowest BCUT2D eigenvalue weighted by Gasteiger charge is -1.97. The zero-order chi connectivity index (χ0) is 15.0. The van der Waals surface area contributed by atoms with Crippen LogP contribution in [-0.4, -0.2) is 29.6 Å². The van der Waals surface area contributed by atoms with E-state index < -0.39 is 9.84 Å². The maximum absolute atomic E-state index is 12.9. The highest BCUT2D eigenvalue weighted by Gasteiger charge is 2.18. The normalized spacial score (nSPS) is 11.9. The Kier molecular flexibility index (Phi) is 3.42. The molecule has 3 aromatic rings. The summed E-state index contributed by atoms with van der Waals surface area (Å²) in [5, 5.41) is 0.649. The predicted molar refractivity (Wildman–Crippen MR) is 77.5 cm³/mol. The Bertz CT molecular complexity index is 905. The number of fused-ring (bicyclic) bond motifs is 1. The lowest BCUT2D eigenvalue weighted by molar-refractivity contribution is 0.599. The Morgan fingerprint density at radius 2 is 1.90 bits per heavy atom. The molecule has 0 fully saturated rings. The molecule has 0 aliphatic heterocycles. The van der Waals surface area contributed by atoms with Crippen molar-refractivity contribution in [1.82, 2.24) is 15.0 Å². The zero-order valence-corrected chi connectivity index (χ0v) is 12.6. The Balaban J connectivity index is 2.03. The van der Waals surface area contributed by atoms with Gasteiger partial charge in [-0.3, -0.25) is 0 Å². The molecule has 0 amide bonds. The second-order valence-electron chi connectivity index (χ2n) is 4.52. The molecule has 0 radical (unpaired) electrons. The van der Waals surface area contributed by atoms with Crippen LogP contribution >= 0.6 is 11.3 Å². The fourth-order valence-electron chi connectivity index (χ4n) is 1.90. The van der Waals surface area contributed by atoms with E-state index in [2.05, 4.69) is 15.0 Å². The number of rotatable bonds is 3. The van der Waals surface area contributed by atoms with Crippen LogP contribution < -0.4 is 0 Å². The van der Waals surface area contributed by atoms with Gasteiger partial charge in [0.05, 0.1) is 5.01 Å². The van der Waals surface area contributed by atoms with Crippen molar-refractivity contribution in [3.63, 3.8) is 0 Å². The number of nitrogens with zero attached hydrogens (tertiary/aromatic N) is 3. The molecular weight excluding hydrogens is 313 g/mol. The largest absolute Gasteiger partial charge is 0.236 e. The molecule has 0 N–H and O–H groups in total. The van der Waals surface area contributed by atoms with Crippen LogP contribution in [0, 0.1) is 5.82 Å². The summed E-state index contributed by atoms with van der Waals surface area (Å²) in [5.74, 6) is -0.298. The lowest BCUT2D eigenvalue weighted by Crippen LogP contribution is -2.02. The van der Waals surface area contributed by atoms with E-state index in [0.717, 1.165) is 11.8 Å². The Hall–Kier alpha value is -1.93. The van der Waals surface area contributed by atoms with Crippen LogP contribution in [0.2, 0.25) is 0 Å². The van der Waals surface area contributed by atoms with E-state index in [-0.39, 0.29) is 10.8 Å². The summed E-state index contributed by atoms with van der Waals surface area (Å²) in [6.45, 7) is 0. The van der Waals surface area contributed by atoms with Gasteiger partial charge < -0.3 is 0 Å². The second kappa shape index (κ2) is 5.12. The highest BCUT2D eigenvalue weighted by Crippen LogP contribution is 2.25. The molecule has 0 saturated carbocycles. The van der Waals surface area contributed by atoms with Crippen molar-refractivity contribution >= 4 is 31.5 Å². The van der Waals surface area contributed by atoms with Crippen molar-refractivity contribution < 1.29 is 12.8 Å². The summed E-state index contributed by atoms with van der Waals surface area (Å²) in [5.41, 5.74) is 1.19. The highest BCUT2D eigenvalue weighted by atomic mass is 32.2. The zero-order valence-electron chi connectivity index (χ0n) is 10.9. The minimum absolute atomic E-state index is 0.0610. The smallest absolute Gasteiger partial charge is 0.195 e. The van der Waals surface area contributed by atoms with Gasteiger partial charge in [-0.2, -0.15) is 0 Å². The van der Waals surface area contributed by atoms with Gasteiger partial charge >= 0.3 is 0 Å². The minimum atomic E-state index is -3.45. The summed E-state index contributed by atoms with van der Waals surface area (Å²) in [4.78, 5) is 12.7. The van der Waals surface area contributed by atoms with Gasteiger partial charge in [-0.15, -0.1) is 0 Å². The molecule has 108 valence electrons. The molecule has 2 heterocycles. The molecule has 0 bridgehead atoms. The number of thiazole rings is 1. The first-order chi connectivity index (χ1) is 9.93. The number of halogens is 1. The fourth-order valence-corrected chi connectivity index (χ4v) is 3.64. The summed E-state index contributed by atoms with van der Waals surface area (Å²) in [7, 11) is -3.45. The number of aromatic nitrogens is 3. The standard InChI is InChI=1S/C13H10FN3O2S2/c1-21(18,19)13-11-12(15-7-16-13)20-10(17-11)6-8-2-4-9(14)5-3-8/h2-5,7H,6H2,1H3. The summed E-state index contributed by atoms with van der Waals surface area (Å²) < 4.78 is 36.2. The third kappa shape index (κ3) is 2.91. The molecule has 5 nitrogen and oxygen atoms in total. The molecule has 0 aliphatic rings. The molecule has 0 unspecified atom stereocenters. The Labute approximate surface area is 124 Å². The average molecular weight is 323 g/mol. The van der Waals surface area contributed by atoms with Crippen LogP contribution in [0.3, 0.4) is 0 Å². The number of benzene rings is 1. The van der Waals surface area contributed by atoms with Gasteiger partial charge in [0.1, 0.15) is 22.5 Å². The van der Waals surface area contributed by atoms with Gasteiger partial charge in [-0.25, -0.2) is 27.8 Å². The molecule has 0 spiro atoms. The first-order valence-corrected chi connectivity index (χ1v) is 8.69. The van der Waals surface area contributed by atoms with Crippen LogP contribution in [0.1, 0.15) is 10.6 Å². The second-order valence-corrected chi connectivity index (χ2v) is 7.51. The number of hydrogen-bond donors (Lipinski definition) is 0. The predicted octanol–water partition coefficient (Wildman–Crippen LogP) is 2.22. The SMILES string of the molecule is CS(=O)(=O)c1ncnc2sc(Cc3ccc(F)cc3)nc12. The van der Waals surface area contributed by atoms with Crippen LogP contribution in [0.15, 0.2) is 35.6 Å². The van der Waals surface area contributed by atoms with E-state index >= 15 is 0 Å². The van der Waals surface area contributed by atoms with Crippen molar-refractivity contribution in [3.8, 4) is 0 Å². The van der Waals surface area contributed by atoms with E-state index in [9.17, 15) is 12.8 Å². The topological polar surface area (TPSA) is 72.8 Å². The first kappa shape index (κ1) is 14.0. The third-order valence-corrected chi connectivity index (χ3v) is 4.79. The van der Waals surface area contributed by atoms with E-state index in [0.29, 0.717) is 21.8 Å². The first-order valence-electron chi connectivity index (χ1n) is 5.98. The minimum Gasteiger partial charge on any atom is -0.236 e. The fraction of sp³-hybridized carbons (Fsp3) is 0.154. The van der Waals surface area contributed by atoms with Crippen molar-refractivity contribution in [1.29, 1.82) is 0 Å². The maximum atomic E-state index is 12.9. The number of sulfone groups is 1. The number of hydrogen-bond acceptors (Lipinski definition) is 6. The molecule has 0 saturated heterocycles. The quantitative estimate of drug-likeness (QED) is 0.691. The molecular formula is C13H10FN3O2S2. The van der Waals surface area contributed by atoms with Crippen molar-refractivity contribution in [2.24, 2.45) is 0 Å². The third-order valence-electron chi connectivity index (χ3n) is 2.83. The molecule has 2 aromatic heterocycles. The lowest BCUT2D eigenvalue weighted by atomic mass is 10.1.